The Morgan fingerprint density at radius 2 is 1.70 bits per heavy atom. The van der Waals surface area contributed by atoms with Crippen molar-refractivity contribution in [3.05, 3.63) is 54.1 Å². The van der Waals surface area contributed by atoms with Crippen molar-refractivity contribution in [2.45, 2.75) is 58.4 Å². The molecule has 0 spiro atoms. The lowest BCUT2D eigenvalue weighted by atomic mass is 10.1. The number of aromatic nitrogens is 2. The second kappa shape index (κ2) is 8.57. The first-order chi connectivity index (χ1) is 9.90. The van der Waals surface area contributed by atoms with Gasteiger partial charge < -0.3 is 4.57 Å². The number of benzene rings is 1. The van der Waals surface area contributed by atoms with Gasteiger partial charge in [-0.15, -0.1) is 0 Å². The van der Waals surface area contributed by atoms with Crippen molar-refractivity contribution in [3.8, 4) is 0 Å². The Kier molecular flexibility index (Phi) is 6.36. The number of rotatable bonds is 9. The van der Waals surface area contributed by atoms with E-state index < -0.39 is 0 Å². The highest BCUT2D eigenvalue weighted by Crippen LogP contribution is 2.10. The number of aryl methyl sites for hydroxylation is 1. The zero-order chi connectivity index (χ0) is 14.0. The van der Waals surface area contributed by atoms with Gasteiger partial charge in [0.15, 0.2) is 0 Å². The minimum Gasteiger partial charge on any atom is -0.331 e. The van der Waals surface area contributed by atoms with Crippen LogP contribution in [0.15, 0.2) is 42.7 Å². The average molecular weight is 270 g/mol. The summed E-state index contributed by atoms with van der Waals surface area (Å²) in [6.45, 7) is 3.20. The molecule has 2 heteroatoms. The molecular formula is C18H26N2. The predicted molar refractivity (Wildman–Crippen MR) is 84.9 cm³/mol. The summed E-state index contributed by atoms with van der Waals surface area (Å²) in [5, 5.41) is 0. The van der Waals surface area contributed by atoms with Gasteiger partial charge >= 0.3 is 0 Å². The highest BCUT2D eigenvalue weighted by atomic mass is 15.1. The second-order valence-corrected chi connectivity index (χ2v) is 5.47. The van der Waals surface area contributed by atoms with Gasteiger partial charge in [-0.25, -0.2) is 4.98 Å². The third-order valence-electron chi connectivity index (χ3n) is 3.75. The van der Waals surface area contributed by atoms with E-state index in [0.29, 0.717) is 0 Å². The van der Waals surface area contributed by atoms with Gasteiger partial charge in [0.2, 0.25) is 0 Å². The van der Waals surface area contributed by atoms with Gasteiger partial charge in [0.25, 0.3) is 0 Å². The highest BCUT2D eigenvalue weighted by molar-refractivity contribution is 5.15. The summed E-state index contributed by atoms with van der Waals surface area (Å²) in [4.78, 5) is 4.51. The largest absolute Gasteiger partial charge is 0.331 e. The van der Waals surface area contributed by atoms with Crippen LogP contribution < -0.4 is 0 Å². The number of imidazole rings is 1. The van der Waals surface area contributed by atoms with Crippen molar-refractivity contribution in [2.75, 3.05) is 0 Å². The molecule has 0 saturated carbocycles. The van der Waals surface area contributed by atoms with E-state index in [-0.39, 0.29) is 0 Å². The van der Waals surface area contributed by atoms with Gasteiger partial charge in [0.05, 0.1) is 0 Å². The Balaban J connectivity index is 1.77. The first-order valence-corrected chi connectivity index (χ1v) is 7.94. The quantitative estimate of drug-likeness (QED) is 0.596. The summed E-state index contributed by atoms with van der Waals surface area (Å²) in [5.41, 5.74) is 1.34. The van der Waals surface area contributed by atoms with E-state index in [4.69, 9.17) is 0 Å². The fourth-order valence-corrected chi connectivity index (χ4v) is 2.56. The molecule has 0 radical (unpaired) electrons. The molecule has 0 saturated heterocycles. The molecule has 0 fully saturated rings. The van der Waals surface area contributed by atoms with E-state index in [9.17, 15) is 0 Å². The van der Waals surface area contributed by atoms with Crippen molar-refractivity contribution >= 4 is 0 Å². The molecule has 0 atom stereocenters. The van der Waals surface area contributed by atoms with Crippen LogP contribution in [0.4, 0.5) is 0 Å². The van der Waals surface area contributed by atoms with Gasteiger partial charge in [-0.3, -0.25) is 0 Å². The third kappa shape index (κ3) is 4.84. The topological polar surface area (TPSA) is 17.8 Å². The van der Waals surface area contributed by atoms with Crippen LogP contribution in [0.5, 0.6) is 0 Å². The Hall–Kier alpha value is -1.57. The van der Waals surface area contributed by atoms with Crippen molar-refractivity contribution in [2.24, 2.45) is 0 Å². The van der Waals surface area contributed by atoms with E-state index in [1.54, 1.807) is 0 Å². The monoisotopic (exact) mass is 270 g/mol. The van der Waals surface area contributed by atoms with Gasteiger partial charge in [-0.1, -0.05) is 69.4 Å². The summed E-state index contributed by atoms with van der Waals surface area (Å²) in [6.07, 6.45) is 13.2. The zero-order valence-electron chi connectivity index (χ0n) is 12.6. The maximum absolute atomic E-state index is 4.51. The summed E-state index contributed by atoms with van der Waals surface area (Å²) < 4.78 is 2.28. The molecule has 0 amide bonds. The van der Waals surface area contributed by atoms with Crippen molar-refractivity contribution in [1.29, 1.82) is 0 Å². The normalized spacial score (nSPS) is 10.8. The molecule has 1 aromatic heterocycles. The molecule has 0 aliphatic carbocycles. The zero-order valence-corrected chi connectivity index (χ0v) is 12.6. The molecule has 0 aliphatic rings. The van der Waals surface area contributed by atoms with E-state index in [0.717, 1.165) is 13.0 Å². The smallest absolute Gasteiger partial charge is 0.108 e. The van der Waals surface area contributed by atoms with Gasteiger partial charge in [-0.05, 0) is 12.0 Å². The van der Waals surface area contributed by atoms with E-state index in [1.165, 1.54) is 49.9 Å². The molecule has 0 bridgehead atoms. The molecule has 2 rings (SSSR count). The van der Waals surface area contributed by atoms with Crippen LogP contribution in [0.3, 0.4) is 0 Å². The van der Waals surface area contributed by atoms with Crippen molar-refractivity contribution in [3.63, 3.8) is 0 Å². The summed E-state index contributed by atoms with van der Waals surface area (Å²) in [7, 11) is 0. The van der Waals surface area contributed by atoms with Crippen molar-refractivity contribution < 1.29 is 0 Å². The van der Waals surface area contributed by atoms with E-state index >= 15 is 0 Å². The molecule has 0 aliphatic heterocycles. The average Bonchev–Trinajstić information content (AvgIpc) is 2.91. The van der Waals surface area contributed by atoms with Crippen LogP contribution in [0, 0.1) is 0 Å². The number of hydrogen-bond donors (Lipinski definition) is 0. The van der Waals surface area contributed by atoms with Crippen LogP contribution in [0.25, 0.3) is 0 Å². The molecule has 1 heterocycles. The van der Waals surface area contributed by atoms with Crippen LogP contribution in [0.1, 0.15) is 56.8 Å². The lowest BCUT2D eigenvalue weighted by Gasteiger charge is -2.08. The van der Waals surface area contributed by atoms with Crippen LogP contribution >= 0.6 is 0 Å². The number of hydrogen-bond acceptors (Lipinski definition) is 1. The SMILES string of the molecule is CCCCCCCCc1nccn1Cc1ccccc1. The molecule has 2 nitrogen and oxygen atoms in total. The standard InChI is InChI=1S/C18H26N2/c1-2-3-4-5-6-10-13-18-19-14-15-20(18)16-17-11-8-7-9-12-17/h7-9,11-12,14-15H,2-6,10,13,16H2,1H3. The van der Waals surface area contributed by atoms with E-state index in [2.05, 4.69) is 53.0 Å². The first kappa shape index (κ1) is 14.8. The molecule has 20 heavy (non-hydrogen) atoms. The minimum absolute atomic E-state index is 0.937. The number of nitrogens with zero attached hydrogens (tertiary/aromatic N) is 2. The van der Waals surface area contributed by atoms with Crippen molar-refractivity contribution in [1.82, 2.24) is 9.55 Å². The van der Waals surface area contributed by atoms with Gasteiger partial charge in [0, 0.05) is 25.4 Å². The molecule has 108 valence electrons. The molecule has 1 aromatic carbocycles. The summed E-state index contributed by atoms with van der Waals surface area (Å²) in [5.74, 6) is 1.23. The maximum atomic E-state index is 4.51. The van der Waals surface area contributed by atoms with E-state index in [1.807, 2.05) is 6.20 Å². The number of unbranched alkanes of at least 4 members (excludes halogenated alkanes) is 5. The molecule has 0 N–H and O–H groups in total. The highest BCUT2D eigenvalue weighted by Gasteiger charge is 2.03. The Morgan fingerprint density at radius 1 is 0.950 bits per heavy atom. The lowest BCUT2D eigenvalue weighted by molar-refractivity contribution is 0.590. The Labute approximate surface area is 122 Å². The minimum atomic E-state index is 0.937. The third-order valence-corrected chi connectivity index (χ3v) is 3.75. The summed E-state index contributed by atoms with van der Waals surface area (Å²) >= 11 is 0. The predicted octanol–water partition coefficient (Wildman–Crippen LogP) is 4.83. The van der Waals surface area contributed by atoms with Crippen LogP contribution in [-0.2, 0) is 13.0 Å². The summed E-state index contributed by atoms with van der Waals surface area (Å²) in [6, 6.07) is 10.6. The van der Waals surface area contributed by atoms with Crippen LogP contribution in [0.2, 0.25) is 0 Å². The Morgan fingerprint density at radius 3 is 2.50 bits per heavy atom. The molecule has 0 unspecified atom stereocenters. The lowest BCUT2D eigenvalue weighted by Crippen LogP contribution is -2.04. The second-order valence-electron chi connectivity index (χ2n) is 5.47. The Bertz CT molecular complexity index is 473. The van der Waals surface area contributed by atoms with Crippen LogP contribution in [-0.4, -0.2) is 9.55 Å². The molecule has 2 aromatic rings. The van der Waals surface area contributed by atoms with Gasteiger partial charge in [-0.2, -0.15) is 0 Å². The maximum Gasteiger partial charge on any atom is 0.108 e. The first-order valence-electron chi connectivity index (χ1n) is 7.94. The molecular weight excluding hydrogens is 244 g/mol. The fourth-order valence-electron chi connectivity index (χ4n) is 2.56. The fraction of sp³-hybridized carbons (Fsp3) is 0.500. The van der Waals surface area contributed by atoms with Gasteiger partial charge in [0.1, 0.15) is 5.82 Å².